The van der Waals surface area contributed by atoms with Crippen molar-refractivity contribution >= 4 is 15.8 Å². The van der Waals surface area contributed by atoms with Crippen LogP contribution in [0.2, 0.25) is 0 Å². The minimum Gasteiger partial charge on any atom is -0.444 e. The maximum Gasteiger partial charge on any atom is 0.244 e. The molecular weight excluding hydrogens is 268 g/mol. The summed E-state index contributed by atoms with van der Waals surface area (Å²) in [6.45, 7) is 3.51. The van der Waals surface area contributed by atoms with Crippen LogP contribution in [0, 0.1) is 13.8 Å². The number of nitrogens with two attached hydrogens (primary N) is 1. The fourth-order valence-electron chi connectivity index (χ4n) is 1.48. The van der Waals surface area contributed by atoms with Gasteiger partial charge >= 0.3 is 0 Å². The van der Waals surface area contributed by atoms with Crippen LogP contribution in [0.5, 0.6) is 0 Å². The van der Waals surface area contributed by atoms with Gasteiger partial charge in [-0.1, -0.05) is 0 Å². The summed E-state index contributed by atoms with van der Waals surface area (Å²) in [6.07, 6.45) is 1.43. The molecular formula is C11H14N4O3S. The maximum atomic E-state index is 12.0. The highest BCUT2D eigenvalue weighted by atomic mass is 32.2. The third-order valence-corrected chi connectivity index (χ3v) is 4.02. The van der Waals surface area contributed by atoms with E-state index in [1.165, 1.54) is 18.3 Å². The van der Waals surface area contributed by atoms with Crippen molar-refractivity contribution in [3.8, 4) is 0 Å². The fraction of sp³-hybridized carbons (Fsp3) is 0.273. The summed E-state index contributed by atoms with van der Waals surface area (Å²) in [4.78, 5) is 7.77. The number of anilines is 1. The molecule has 0 bridgehead atoms. The highest BCUT2D eigenvalue weighted by Gasteiger charge is 2.18. The van der Waals surface area contributed by atoms with Gasteiger partial charge in [0.25, 0.3) is 0 Å². The second-order valence-electron chi connectivity index (χ2n) is 3.96. The molecule has 0 aliphatic rings. The number of hydrogen-bond acceptors (Lipinski definition) is 6. The summed E-state index contributed by atoms with van der Waals surface area (Å²) < 4.78 is 31.7. The van der Waals surface area contributed by atoms with E-state index >= 15 is 0 Å². The van der Waals surface area contributed by atoms with Crippen molar-refractivity contribution < 1.29 is 12.8 Å². The van der Waals surface area contributed by atoms with Gasteiger partial charge in [0.1, 0.15) is 16.5 Å². The average Bonchev–Trinajstić information content (AvgIpc) is 2.67. The lowest BCUT2D eigenvalue weighted by atomic mass is 10.4. The van der Waals surface area contributed by atoms with Crippen molar-refractivity contribution in [2.24, 2.45) is 0 Å². The van der Waals surface area contributed by atoms with Crippen molar-refractivity contribution in [1.82, 2.24) is 14.7 Å². The summed E-state index contributed by atoms with van der Waals surface area (Å²) in [5.74, 6) is 0.922. The summed E-state index contributed by atoms with van der Waals surface area (Å²) in [6, 6.07) is 2.89. The Balaban J connectivity index is 2.17. The highest BCUT2D eigenvalue weighted by molar-refractivity contribution is 7.89. The van der Waals surface area contributed by atoms with E-state index in [2.05, 4.69) is 14.7 Å². The van der Waals surface area contributed by atoms with Gasteiger partial charge in [-0.3, -0.25) is 0 Å². The predicted octanol–water partition coefficient (Wildman–Crippen LogP) is 0.747. The van der Waals surface area contributed by atoms with Crippen LogP contribution in [0.4, 0.5) is 5.82 Å². The molecule has 0 fully saturated rings. The standard InChI is InChI=1S/C11H14N4O3S/c1-7-8(2)18-10(15-7)6-14-19(16,17)9-4-3-5-13-11(9)12/h3-5,14H,6H2,1-2H3,(H2,12,13). The largest absolute Gasteiger partial charge is 0.444 e. The predicted molar refractivity (Wildman–Crippen MR) is 68.7 cm³/mol. The molecule has 0 saturated carbocycles. The molecule has 0 aliphatic heterocycles. The normalized spacial score (nSPS) is 11.7. The van der Waals surface area contributed by atoms with Gasteiger partial charge in [0.2, 0.25) is 15.9 Å². The lowest BCUT2D eigenvalue weighted by molar-refractivity contribution is 0.463. The fourth-order valence-corrected chi connectivity index (χ4v) is 2.53. The van der Waals surface area contributed by atoms with Crippen LogP contribution in [0.25, 0.3) is 0 Å². The number of nitrogens with one attached hydrogen (secondary N) is 1. The molecule has 0 radical (unpaired) electrons. The smallest absolute Gasteiger partial charge is 0.244 e. The molecule has 0 unspecified atom stereocenters. The Morgan fingerprint density at radius 2 is 2.16 bits per heavy atom. The topological polar surface area (TPSA) is 111 Å². The van der Waals surface area contributed by atoms with Gasteiger partial charge in [-0.25, -0.2) is 23.1 Å². The third-order valence-electron chi connectivity index (χ3n) is 2.58. The van der Waals surface area contributed by atoms with E-state index in [1.807, 2.05) is 0 Å². The Kier molecular flexibility index (Phi) is 3.54. The molecule has 3 N–H and O–H groups in total. The first-order chi connectivity index (χ1) is 8.90. The van der Waals surface area contributed by atoms with Gasteiger partial charge < -0.3 is 10.2 Å². The zero-order valence-electron chi connectivity index (χ0n) is 10.5. The Morgan fingerprint density at radius 1 is 1.42 bits per heavy atom. The molecule has 2 heterocycles. The van der Waals surface area contributed by atoms with E-state index in [1.54, 1.807) is 13.8 Å². The van der Waals surface area contributed by atoms with Gasteiger partial charge in [0.15, 0.2) is 0 Å². The number of aryl methyl sites for hydroxylation is 2. The van der Waals surface area contributed by atoms with Crippen LogP contribution in [-0.2, 0) is 16.6 Å². The molecule has 8 heteroatoms. The number of nitrogen functional groups attached to an aromatic ring is 1. The molecule has 2 aromatic rings. The van der Waals surface area contributed by atoms with Crippen molar-refractivity contribution in [1.29, 1.82) is 0 Å². The van der Waals surface area contributed by atoms with Crippen LogP contribution in [-0.4, -0.2) is 18.4 Å². The van der Waals surface area contributed by atoms with E-state index in [9.17, 15) is 8.42 Å². The van der Waals surface area contributed by atoms with Crippen molar-refractivity contribution in [3.63, 3.8) is 0 Å². The molecule has 2 rings (SSSR count). The van der Waals surface area contributed by atoms with Crippen molar-refractivity contribution in [2.75, 3.05) is 5.73 Å². The lowest BCUT2D eigenvalue weighted by Gasteiger charge is -2.06. The summed E-state index contributed by atoms with van der Waals surface area (Å²) in [7, 11) is -3.73. The molecule has 0 amide bonds. The SMILES string of the molecule is Cc1nc(CNS(=O)(=O)c2cccnc2N)oc1C. The summed E-state index contributed by atoms with van der Waals surface area (Å²) in [5.41, 5.74) is 6.27. The van der Waals surface area contributed by atoms with Crippen LogP contribution >= 0.6 is 0 Å². The van der Waals surface area contributed by atoms with E-state index in [0.717, 1.165) is 5.69 Å². The number of nitrogens with zero attached hydrogens (tertiary/aromatic N) is 2. The van der Waals surface area contributed by atoms with E-state index in [-0.39, 0.29) is 17.3 Å². The quantitative estimate of drug-likeness (QED) is 0.855. The minimum absolute atomic E-state index is 0.0364. The Labute approximate surface area is 110 Å². The molecule has 19 heavy (non-hydrogen) atoms. The van der Waals surface area contributed by atoms with Gasteiger partial charge in [-0.05, 0) is 26.0 Å². The number of rotatable bonds is 4. The Hall–Kier alpha value is -1.93. The molecule has 2 aromatic heterocycles. The minimum atomic E-state index is -3.73. The van der Waals surface area contributed by atoms with Crippen LogP contribution in [0.1, 0.15) is 17.3 Å². The second kappa shape index (κ2) is 4.98. The van der Waals surface area contributed by atoms with Crippen molar-refractivity contribution in [3.05, 3.63) is 35.7 Å². The van der Waals surface area contributed by atoms with E-state index in [0.29, 0.717) is 11.7 Å². The maximum absolute atomic E-state index is 12.0. The molecule has 0 atom stereocenters. The van der Waals surface area contributed by atoms with E-state index in [4.69, 9.17) is 10.2 Å². The molecule has 7 nitrogen and oxygen atoms in total. The van der Waals surface area contributed by atoms with Gasteiger partial charge in [0, 0.05) is 6.20 Å². The van der Waals surface area contributed by atoms with E-state index < -0.39 is 10.0 Å². The second-order valence-corrected chi connectivity index (χ2v) is 5.70. The summed E-state index contributed by atoms with van der Waals surface area (Å²) in [5, 5.41) is 0. The zero-order valence-corrected chi connectivity index (χ0v) is 11.4. The first kappa shape index (κ1) is 13.5. The molecule has 0 spiro atoms. The van der Waals surface area contributed by atoms with Gasteiger partial charge in [-0.2, -0.15) is 0 Å². The van der Waals surface area contributed by atoms with Crippen LogP contribution < -0.4 is 10.5 Å². The summed E-state index contributed by atoms with van der Waals surface area (Å²) >= 11 is 0. The van der Waals surface area contributed by atoms with Crippen LogP contribution in [0.3, 0.4) is 0 Å². The first-order valence-corrected chi connectivity index (χ1v) is 7.01. The molecule has 102 valence electrons. The number of sulfonamides is 1. The monoisotopic (exact) mass is 282 g/mol. The zero-order chi connectivity index (χ0) is 14.0. The number of oxazole rings is 1. The molecule has 0 saturated heterocycles. The average molecular weight is 282 g/mol. The van der Waals surface area contributed by atoms with Gasteiger partial charge in [-0.15, -0.1) is 0 Å². The first-order valence-electron chi connectivity index (χ1n) is 5.53. The van der Waals surface area contributed by atoms with Crippen molar-refractivity contribution in [2.45, 2.75) is 25.3 Å². The number of hydrogen-bond donors (Lipinski definition) is 2. The van der Waals surface area contributed by atoms with Gasteiger partial charge in [0.05, 0.1) is 12.2 Å². The number of pyridine rings is 1. The highest BCUT2D eigenvalue weighted by Crippen LogP contribution is 2.15. The molecule has 0 aliphatic carbocycles. The third kappa shape index (κ3) is 2.91. The van der Waals surface area contributed by atoms with Crippen LogP contribution in [0.15, 0.2) is 27.6 Å². The Bertz CT molecular complexity index is 674. The lowest BCUT2D eigenvalue weighted by Crippen LogP contribution is -2.24. The molecule has 0 aromatic carbocycles. The Morgan fingerprint density at radius 3 is 2.74 bits per heavy atom. The number of aromatic nitrogens is 2.